The van der Waals surface area contributed by atoms with Gasteiger partial charge in [0.05, 0.1) is 0 Å². The van der Waals surface area contributed by atoms with E-state index in [1.807, 2.05) is 36.4 Å². The van der Waals surface area contributed by atoms with Crippen LogP contribution in [0.25, 0.3) is 0 Å². The van der Waals surface area contributed by atoms with E-state index in [0.717, 1.165) is 5.75 Å². The maximum absolute atomic E-state index is 11.6. The maximum Gasteiger partial charge on any atom is 0.349 e. The lowest BCUT2D eigenvalue weighted by molar-refractivity contribution is -0.151. The fourth-order valence-corrected chi connectivity index (χ4v) is 2.81. The monoisotopic (exact) mass is 348 g/mol. The third kappa shape index (κ3) is 3.19. The molecule has 4 rings (SSSR count). The summed E-state index contributed by atoms with van der Waals surface area (Å²) in [7, 11) is 0. The van der Waals surface area contributed by atoms with E-state index in [1.165, 1.54) is 0 Å². The van der Waals surface area contributed by atoms with Gasteiger partial charge in [0.2, 0.25) is 6.10 Å². The molecule has 2 unspecified atom stereocenters. The van der Waals surface area contributed by atoms with Crippen molar-refractivity contribution in [2.75, 3.05) is 0 Å². The number of ether oxygens (including phenoxy) is 3. The van der Waals surface area contributed by atoms with Crippen molar-refractivity contribution in [2.45, 2.75) is 12.2 Å². The van der Waals surface area contributed by atoms with Gasteiger partial charge < -0.3 is 19.3 Å². The summed E-state index contributed by atoms with van der Waals surface area (Å²) in [4.78, 5) is 11.6. The molecule has 26 heavy (non-hydrogen) atoms. The number of hydrogen-bond acceptors (Lipinski definition) is 4. The van der Waals surface area contributed by atoms with Crippen LogP contribution in [0, 0.1) is 0 Å². The Labute approximate surface area is 150 Å². The van der Waals surface area contributed by atoms with E-state index in [4.69, 9.17) is 14.2 Å². The Morgan fingerprint density at radius 2 is 1.35 bits per heavy atom. The molecular formula is C21H16O5. The second-order valence-electron chi connectivity index (χ2n) is 5.85. The van der Waals surface area contributed by atoms with E-state index in [-0.39, 0.29) is 0 Å². The lowest BCUT2D eigenvalue weighted by Crippen LogP contribution is -2.39. The smallest absolute Gasteiger partial charge is 0.349 e. The van der Waals surface area contributed by atoms with Crippen molar-refractivity contribution in [3.05, 3.63) is 84.4 Å². The number of benzene rings is 3. The molecule has 0 amide bonds. The zero-order valence-electron chi connectivity index (χ0n) is 13.7. The van der Waals surface area contributed by atoms with E-state index in [0.29, 0.717) is 22.8 Å². The predicted molar refractivity (Wildman–Crippen MR) is 94.8 cm³/mol. The Morgan fingerprint density at radius 3 is 2.00 bits per heavy atom. The number of fused-ring (bicyclic) bond motifs is 1. The number of carboxylic acid groups (broad SMARTS) is 1. The van der Waals surface area contributed by atoms with Gasteiger partial charge >= 0.3 is 5.97 Å². The summed E-state index contributed by atoms with van der Waals surface area (Å²) in [5.41, 5.74) is 0.701. The fraction of sp³-hybridized carbons (Fsp3) is 0.0952. The number of aliphatic carboxylic acids is 1. The van der Waals surface area contributed by atoms with Crippen molar-refractivity contribution in [2.24, 2.45) is 0 Å². The molecule has 1 aliphatic rings. The number of rotatable bonds is 4. The van der Waals surface area contributed by atoms with E-state index >= 15 is 0 Å². The van der Waals surface area contributed by atoms with Crippen LogP contribution in [-0.2, 0) is 4.79 Å². The van der Waals surface area contributed by atoms with E-state index in [9.17, 15) is 9.90 Å². The molecule has 5 nitrogen and oxygen atoms in total. The third-order valence-corrected chi connectivity index (χ3v) is 4.06. The first kappa shape index (κ1) is 16.0. The highest BCUT2D eigenvalue weighted by atomic mass is 16.6. The summed E-state index contributed by atoms with van der Waals surface area (Å²) < 4.78 is 17.3. The molecule has 0 bridgehead atoms. The summed E-state index contributed by atoms with van der Waals surface area (Å²) in [6, 6.07) is 23.6. The number of carbonyl (C=O) groups is 1. The highest BCUT2D eigenvalue weighted by molar-refractivity contribution is 5.75. The summed E-state index contributed by atoms with van der Waals surface area (Å²) in [6.45, 7) is 0. The van der Waals surface area contributed by atoms with Crippen LogP contribution in [0.3, 0.4) is 0 Å². The summed E-state index contributed by atoms with van der Waals surface area (Å²) in [5, 5.41) is 9.52. The van der Waals surface area contributed by atoms with Crippen molar-refractivity contribution in [3.63, 3.8) is 0 Å². The number of carboxylic acids is 1. The van der Waals surface area contributed by atoms with Gasteiger partial charge in [-0.25, -0.2) is 4.79 Å². The quantitative estimate of drug-likeness (QED) is 0.755. The minimum absolute atomic E-state index is 0.431. The standard InChI is InChI=1S/C21H16O5/c22-21(23)20-19(25-17-8-4-5-9-18(17)26-20)14-10-12-16(13-11-14)24-15-6-2-1-3-7-15/h1-13,19-20H,(H,22,23). The highest BCUT2D eigenvalue weighted by Gasteiger charge is 2.38. The van der Waals surface area contributed by atoms with Crippen molar-refractivity contribution < 1.29 is 24.1 Å². The SMILES string of the molecule is O=C(O)C1Oc2ccccc2OC1c1ccc(Oc2ccccc2)cc1. The molecule has 1 heterocycles. The number of para-hydroxylation sites is 3. The first-order chi connectivity index (χ1) is 12.7. The topological polar surface area (TPSA) is 65.0 Å². The van der Waals surface area contributed by atoms with Gasteiger partial charge in [0, 0.05) is 0 Å². The summed E-state index contributed by atoms with van der Waals surface area (Å²) in [6.07, 6.45) is -1.86. The van der Waals surface area contributed by atoms with E-state index in [1.54, 1.807) is 42.5 Å². The van der Waals surface area contributed by atoms with Crippen LogP contribution in [0.1, 0.15) is 11.7 Å². The lowest BCUT2D eigenvalue weighted by atomic mass is 10.0. The van der Waals surface area contributed by atoms with Gasteiger partial charge in [-0.2, -0.15) is 0 Å². The zero-order chi connectivity index (χ0) is 17.9. The third-order valence-electron chi connectivity index (χ3n) is 4.06. The molecule has 0 aliphatic carbocycles. The Balaban J connectivity index is 1.58. The molecule has 0 saturated carbocycles. The molecule has 1 N–H and O–H groups in total. The molecule has 3 aromatic carbocycles. The Hall–Kier alpha value is -3.47. The summed E-state index contributed by atoms with van der Waals surface area (Å²) >= 11 is 0. The average Bonchev–Trinajstić information content (AvgIpc) is 2.68. The molecule has 2 atom stereocenters. The van der Waals surface area contributed by atoms with Crippen molar-refractivity contribution in [1.82, 2.24) is 0 Å². The predicted octanol–water partition coefficient (Wildman–Crippen LogP) is 4.44. The van der Waals surface area contributed by atoms with Crippen molar-refractivity contribution in [3.8, 4) is 23.0 Å². The van der Waals surface area contributed by atoms with E-state index < -0.39 is 18.2 Å². The highest BCUT2D eigenvalue weighted by Crippen LogP contribution is 2.39. The second-order valence-corrected chi connectivity index (χ2v) is 5.85. The van der Waals surface area contributed by atoms with Gasteiger partial charge in [0.1, 0.15) is 11.5 Å². The van der Waals surface area contributed by atoms with Gasteiger partial charge in [-0.15, -0.1) is 0 Å². The molecule has 0 fully saturated rings. The van der Waals surface area contributed by atoms with Crippen LogP contribution in [0.5, 0.6) is 23.0 Å². The average molecular weight is 348 g/mol. The molecule has 0 radical (unpaired) electrons. The number of hydrogen-bond donors (Lipinski definition) is 1. The first-order valence-electron chi connectivity index (χ1n) is 8.19. The normalized spacial score (nSPS) is 18.2. The molecule has 130 valence electrons. The van der Waals surface area contributed by atoms with E-state index in [2.05, 4.69) is 0 Å². The fourth-order valence-electron chi connectivity index (χ4n) is 2.81. The molecule has 5 heteroatoms. The van der Waals surface area contributed by atoms with Crippen LogP contribution in [0.15, 0.2) is 78.9 Å². The van der Waals surface area contributed by atoms with Crippen LogP contribution in [-0.4, -0.2) is 17.2 Å². The molecular weight excluding hydrogens is 332 g/mol. The van der Waals surface area contributed by atoms with Gasteiger partial charge in [0.25, 0.3) is 0 Å². The van der Waals surface area contributed by atoms with Gasteiger partial charge in [-0.3, -0.25) is 0 Å². The van der Waals surface area contributed by atoms with Gasteiger partial charge in [-0.05, 0) is 42.0 Å². The largest absolute Gasteiger partial charge is 0.478 e. The van der Waals surface area contributed by atoms with Gasteiger partial charge in [0.15, 0.2) is 17.6 Å². The van der Waals surface area contributed by atoms with Crippen LogP contribution >= 0.6 is 0 Å². The molecule has 0 aromatic heterocycles. The first-order valence-corrected chi connectivity index (χ1v) is 8.19. The van der Waals surface area contributed by atoms with Crippen LogP contribution < -0.4 is 14.2 Å². The Morgan fingerprint density at radius 1 is 0.769 bits per heavy atom. The molecule has 3 aromatic rings. The molecule has 0 spiro atoms. The molecule has 0 saturated heterocycles. The lowest BCUT2D eigenvalue weighted by Gasteiger charge is -2.31. The minimum atomic E-state index is -1.12. The maximum atomic E-state index is 11.6. The van der Waals surface area contributed by atoms with Crippen molar-refractivity contribution in [1.29, 1.82) is 0 Å². The Bertz CT molecular complexity index is 905. The molecule has 1 aliphatic heterocycles. The second kappa shape index (κ2) is 6.80. The van der Waals surface area contributed by atoms with Crippen LogP contribution in [0.4, 0.5) is 0 Å². The van der Waals surface area contributed by atoms with Crippen molar-refractivity contribution >= 4 is 5.97 Å². The van der Waals surface area contributed by atoms with Crippen LogP contribution in [0.2, 0.25) is 0 Å². The van der Waals surface area contributed by atoms with Gasteiger partial charge in [-0.1, -0.05) is 42.5 Å². The Kier molecular flexibility index (Phi) is 4.19. The summed E-state index contributed by atoms with van der Waals surface area (Å²) in [5.74, 6) is 1.27. The zero-order valence-corrected chi connectivity index (χ0v) is 13.7. The minimum Gasteiger partial charge on any atom is -0.478 e.